The van der Waals surface area contributed by atoms with E-state index in [0.29, 0.717) is 17.1 Å². The lowest BCUT2D eigenvalue weighted by Gasteiger charge is -2.11. The molecule has 25 heavy (non-hydrogen) atoms. The van der Waals surface area contributed by atoms with Crippen LogP contribution in [0.4, 0.5) is 17.1 Å². The first-order valence-electron chi connectivity index (χ1n) is 7.92. The summed E-state index contributed by atoms with van der Waals surface area (Å²) >= 11 is 0. The molecule has 2 aromatic carbocycles. The Kier molecular flexibility index (Phi) is 6.34. The zero-order valence-corrected chi connectivity index (χ0v) is 15.0. The van der Waals surface area contributed by atoms with Crippen LogP contribution in [0.1, 0.15) is 5.56 Å². The lowest BCUT2D eigenvalue weighted by Crippen LogP contribution is -2.07. The highest BCUT2D eigenvalue weighted by molar-refractivity contribution is 6.35. The first-order chi connectivity index (χ1) is 12.1. The standard InChI is InChI=1S/C20H23N3O2/c1-21-19-12-11-18(25-4)13-20(19)22-16(14-24)8-5-15-6-9-17(10-7-15)23(2)3/h5-14,21H,1-4H3/b8-5+,22-16?. The number of nitrogens with one attached hydrogen (secondary N) is 1. The first-order valence-corrected chi connectivity index (χ1v) is 7.92. The zero-order chi connectivity index (χ0) is 18.2. The molecule has 0 heterocycles. The highest BCUT2D eigenvalue weighted by atomic mass is 16.5. The average Bonchev–Trinajstić information content (AvgIpc) is 2.65. The van der Waals surface area contributed by atoms with E-state index in [1.54, 1.807) is 19.3 Å². The van der Waals surface area contributed by atoms with Crippen molar-refractivity contribution in [3.8, 4) is 5.75 Å². The summed E-state index contributed by atoms with van der Waals surface area (Å²) in [6.45, 7) is 0. The van der Waals surface area contributed by atoms with Crippen LogP contribution in [-0.2, 0) is 4.79 Å². The summed E-state index contributed by atoms with van der Waals surface area (Å²) in [5.41, 5.74) is 3.93. The Balaban J connectivity index is 2.27. The normalized spacial score (nSPS) is 11.4. The molecule has 0 aromatic heterocycles. The smallest absolute Gasteiger partial charge is 0.168 e. The van der Waals surface area contributed by atoms with Crippen LogP contribution in [0.15, 0.2) is 53.5 Å². The molecule has 2 rings (SSSR count). The summed E-state index contributed by atoms with van der Waals surface area (Å²) in [5.74, 6) is 0.686. The monoisotopic (exact) mass is 337 g/mol. The maximum Gasteiger partial charge on any atom is 0.168 e. The fourth-order valence-corrected chi connectivity index (χ4v) is 2.25. The third-order valence-electron chi connectivity index (χ3n) is 3.70. The second-order valence-corrected chi connectivity index (χ2v) is 5.61. The number of aliphatic imine (C=N–C) groups is 1. The van der Waals surface area contributed by atoms with E-state index in [0.717, 1.165) is 23.2 Å². The zero-order valence-electron chi connectivity index (χ0n) is 15.0. The number of hydrogen-bond acceptors (Lipinski definition) is 5. The van der Waals surface area contributed by atoms with Gasteiger partial charge in [-0.2, -0.15) is 0 Å². The molecule has 5 heteroatoms. The number of allylic oxidation sites excluding steroid dienone is 1. The van der Waals surface area contributed by atoms with Crippen molar-refractivity contribution < 1.29 is 9.53 Å². The molecule has 0 aliphatic heterocycles. The van der Waals surface area contributed by atoms with Crippen LogP contribution in [0, 0.1) is 0 Å². The second-order valence-electron chi connectivity index (χ2n) is 5.61. The number of hydrogen-bond donors (Lipinski definition) is 1. The molecular formula is C20H23N3O2. The van der Waals surface area contributed by atoms with E-state index in [4.69, 9.17) is 4.74 Å². The molecule has 130 valence electrons. The van der Waals surface area contributed by atoms with Crippen molar-refractivity contribution in [3.05, 3.63) is 54.1 Å². The third kappa shape index (κ3) is 4.94. The number of benzene rings is 2. The van der Waals surface area contributed by atoms with E-state index in [1.165, 1.54) is 0 Å². The van der Waals surface area contributed by atoms with E-state index < -0.39 is 0 Å². The molecule has 0 saturated carbocycles. The number of carbonyl (C=O) groups excluding carboxylic acids is 1. The number of rotatable bonds is 7. The van der Waals surface area contributed by atoms with Gasteiger partial charge in [-0.05, 0) is 35.9 Å². The van der Waals surface area contributed by atoms with Crippen molar-refractivity contribution in [2.45, 2.75) is 0 Å². The lowest BCUT2D eigenvalue weighted by molar-refractivity contribution is -0.102. The van der Waals surface area contributed by atoms with Gasteiger partial charge in [-0.1, -0.05) is 18.2 Å². The fourth-order valence-electron chi connectivity index (χ4n) is 2.25. The van der Waals surface area contributed by atoms with Crippen molar-refractivity contribution in [3.63, 3.8) is 0 Å². The average molecular weight is 337 g/mol. The maximum atomic E-state index is 11.4. The van der Waals surface area contributed by atoms with E-state index in [9.17, 15) is 4.79 Å². The van der Waals surface area contributed by atoms with Crippen LogP contribution in [0.3, 0.4) is 0 Å². The molecule has 0 saturated heterocycles. The number of ether oxygens (including phenoxy) is 1. The van der Waals surface area contributed by atoms with Gasteiger partial charge in [0.2, 0.25) is 0 Å². The van der Waals surface area contributed by atoms with E-state index in [1.807, 2.05) is 68.5 Å². The minimum atomic E-state index is 0.335. The van der Waals surface area contributed by atoms with Crippen molar-refractivity contribution in [2.24, 2.45) is 4.99 Å². The molecular weight excluding hydrogens is 314 g/mol. The summed E-state index contributed by atoms with van der Waals surface area (Å²) < 4.78 is 5.22. The number of carbonyl (C=O) groups is 1. The molecule has 2 aromatic rings. The Labute approximate surface area is 148 Å². The Bertz CT molecular complexity index is 778. The van der Waals surface area contributed by atoms with Gasteiger partial charge in [0.05, 0.1) is 18.5 Å². The van der Waals surface area contributed by atoms with Crippen LogP contribution in [0.5, 0.6) is 5.75 Å². The minimum Gasteiger partial charge on any atom is -0.497 e. The van der Waals surface area contributed by atoms with Gasteiger partial charge < -0.3 is 15.0 Å². The molecule has 0 aliphatic rings. The Morgan fingerprint density at radius 1 is 1.16 bits per heavy atom. The van der Waals surface area contributed by atoms with Crippen molar-refractivity contribution >= 4 is 35.1 Å². The predicted molar refractivity (Wildman–Crippen MR) is 106 cm³/mol. The Morgan fingerprint density at radius 3 is 2.44 bits per heavy atom. The van der Waals surface area contributed by atoms with Gasteiger partial charge in [0.1, 0.15) is 11.5 Å². The molecule has 0 unspecified atom stereocenters. The highest BCUT2D eigenvalue weighted by Gasteiger charge is 2.03. The van der Waals surface area contributed by atoms with Gasteiger partial charge in [0.25, 0.3) is 0 Å². The van der Waals surface area contributed by atoms with E-state index in [-0.39, 0.29) is 0 Å². The van der Waals surface area contributed by atoms with Crippen molar-refractivity contribution in [1.29, 1.82) is 0 Å². The maximum absolute atomic E-state index is 11.4. The van der Waals surface area contributed by atoms with Crippen LogP contribution >= 0.6 is 0 Å². The summed E-state index contributed by atoms with van der Waals surface area (Å²) in [6, 6.07) is 13.5. The minimum absolute atomic E-state index is 0.335. The van der Waals surface area contributed by atoms with Gasteiger partial charge in [0, 0.05) is 32.9 Å². The molecule has 0 radical (unpaired) electrons. The molecule has 0 aliphatic carbocycles. The Hall–Kier alpha value is -3.08. The SMILES string of the molecule is CNc1ccc(OC)cc1N=C(C=O)/C=C/c1ccc(N(C)C)cc1. The Morgan fingerprint density at radius 2 is 1.88 bits per heavy atom. The van der Waals surface area contributed by atoms with Crippen molar-refractivity contribution in [2.75, 3.05) is 38.5 Å². The highest BCUT2D eigenvalue weighted by Crippen LogP contribution is 2.29. The number of methoxy groups -OCH3 is 1. The summed E-state index contributed by atoms with van der Waals surface area (Å²) in [6.07, 6.45) is 4.31. The predicted octanol–water partition coefficient (Wildman–Crippen LogP) is 3.79. The van der Waals surface area contributed by atoms with Crippen molar-refractivity contribution in [1.82, 2.24) is 0 Å². The van der Waals surface area contributed by atoms with Crippen LogP contribution in [-0.4, -0.2) is 40.3 Å². The number of anilines is 2. The molecule has 0 bridgehead atoms. The largest absolute Gasteiger partial charge is 0.497 e. The molecule has 0 amide bonds. The van der Waals surface area contributed by atoms with Gasteiger partial charge >= 0.3 is 0 Å². The van der Waals surface area contributed by atoms with Crippen LogP contribution < -0.4 is 15.0 Å². The van der Waals surface area contributed by atoms with Gasteiger partial charge in [0.15, 0.2) is 6.29 Å². The fraction of sp³-hybridized carbons (Fsp3) is 0.200. The second kappa shape index (κ2) is 8.68. The van der Waals surface area contributed by atoms with Crippen LogP contribution in [0.2, 0.25) is 0 Å². The molecule has 1 N–H and O–H groups in total. The molecule has 0 fully saturated rings. The number of aldehydes is 1. The van der Waals surface area contributed by atoms with Gasteiger partial charge in [-0.25, -0.2) is 4.99 Å². The lowest BCUT2D eigenvalue weighted by atomic mass is 10.1. The quantitative estimate of drug-likeness (QED) is 0.617. The van der Waals surface area contributed by atoms with E-state index in [2.05, 4.69) is 10.3 Å². The van der Waals surface area contributed by atoms with Gasteiger partial charge in [-0.3, -0.25) is 4.79 Å². The number of nitrogens with zero attached hydrogens (tertiary/aromatic N) is 2. The summed E-state index contributed by atoms with van der Waals surface area (Å²) in [5, 5.41) is 3.06. The third-order valence-corrected chi connectivity index (χ3v) is 3.70. The first kappa shape index (κ1) is 18.3. The topological polar surface area (TPSA) is 53.9 Å². The van der Waals surface area contributed by atoms with Gasteiger partial charge in [-0.15, -0.1) is 0 Å². The molecule has 0 spiro atoms. The molecule has 0 atom stereocenters. The van der Waals surface area contributed by atoms with Crippen LogP contribution in [0.25, 0.3) is 6.08 Å². The summed E-state index contributed by atoms with van der Waals surface area (Å²) in [7, 11) is 7.40. The molecule has 5 nitrogen and oxygen atoms in total. The summed E-state index contributed by atoms with van der Waals surface area (Å²) in [4.78, 5) is 17.9. The van der Waals surface area contributed by atoms with E-state index >= 15 is 0 Å².